The van der Waals surface area contributed by atoms with E-state index in [9.17, 15) is 0 Å². The van der Waals surface area contributed by atoms with Crippen LogP contribution in [0.3, 0.4) is 0 Å². The Hall–Kier alpha value is -0.970. The summed E-state index contributed by atoms with van der Waals surface area (Å²) in [6, 6.07) is 15.1. The van der Waals surface area contributed by atoms with Crippen LogP contribution in [0.4, 0.5) is 0 Å². The fourth-order valence-corrected chi connectivity index (χ4v) is 3.32. The first kappa shape index (κ1) is 16.4. The largest absolute Gasteiger partial charge is 0.497 e. The van der Waals surface area contributed by atoms with E-state index in [2.05, 4.69) is 65.4 Å². The Labute approximate surface area is 139 Å². The molecule has 0 saturated carbocycles. The summed E-state index contributed by atoms with van der Waals surface area (Å²) >= 11 is 5.41. The average Bonchev–Trinajstić information content (AvgIpc) is 2.48. The molecular weight excluding hydrogens is 346 g/mol. The fraction of sp³-hybridized carbons (Fsp3) is 0.294. The SMILES string of the molecule is COc1ccc(Sc2ccc(CNC(C)C)cc2Br)cc1. The van der Waals surface area contributed by atoms with Crippen molar-refractivity contribution in [1.29, 1.82) is 0 Å². The molecule has 4 heteroatoms. The maximum absolute atomic E-state index is 5.18. The Morgan fingerprint density at radius 2 is 1.86 bits per heavy atom. The monoisotopic (exact) mass is 365 g/mol. The molecule has 0 amide bonds. The molecule has 0 atom stereocenters. The Kier molecular flexibility index (Phi) is 6.15. The van der Waals surface area contributed by atoms with Crippen molar-refractivity contribution in [2.45, 2.75) is 36.2 Å². The second kappa shape index (κ2) is 7.87. The minimum absolute atomic E-state index is 0.497. The van der Waals surface area contributed by atoms with E-state index >= 15 is 0 Å². The number of methoxy groups -OCH3 is 1. The fourth-order valence-electron chi connectivity index (χ4n) is 1.83. The van der Waals surface area contributed by atoms with E-state index < -0.39 is 0 Å². The van der Waals surface area contributed by atoms with Crippen molar-refractivity contribution in [3.63, 3.8) is 0 Å². The van der Waals surface area contributed by atoms with Gasteiger partial charge in [0.15, 0.2) is 0 Å². The molecule has 0 fully saturated rings. The molecule has 21 heavy (non-hydrogen) atoms. The van der Waals surface area contributed by atoms with Crippen LogP contribution in [0.1, 0.15) is 19.4 Å². The third-order valence-electron chi connectivity index (χ3n) is 3.00. The Bertz CT molecular complexity index is 584. The maximum atomic E-state index is 5.18. The molecular formula is C17H20BrNOS. The summed E-state index contributed by atoms with van der Waals surface area (Å²) in [5.74, 6) is 0.883. The molecule has 0 saturated heterocycles. The van der Waals surface area contributed by atoms with Gasteiger partial charge >= 0.3 is 0 Å². The number of nitrogens with one attached hydrogen (secondary N) is 1. The van der Waals surface area contributed by atoms with E-state index in [1.54, 1.807) is 18.9 Å². The van der Waals surface area contributed by atoms with Gasteiger partial charge in [-0.05, 0) is 57.9 Å². The standard InChI is InChI=1S/C17H20BrNOS/c1-12(2)19-11-13-4-9-17(16(18)10-13)21-15-7-5-14(20-3)6-8-15/h4-10,12,19H,11H2,1-3H3. The molecule has 112 valence electrons. The summed E-state index contributed by atoms with van der Waals surface area (Å²) in [7, 11) is 1.68. The van der Waals surface area contributed by atoms with Crippen LogP contribution < -0.4 is 10.1 Å². The molecule has 0 aromatic heterocycles. The molecule has 0 bridgehead atoms. The van der Waals surface area contributed by atoms with Gasteiger partial charge in [0.05, 0.1) is 7.11 Å². The zero-order chi connectivity index (χ0) is 15.2. The van der Waals surface area contributed by atoms with Crippen LogP contribution in [0, 0.1) is 0 Å². The van der Waals surface area contributed by atoms with Crippen LogP contribution in [-0.2, 0) is 6.54 Å². The smallest absolute Gasteiger partial charge is 0.118 e. The summed E-state index contributed by atoms with van der Waals surface area (Å²) in [4.78, 5) is 2.41. The number of halogens is 1. The molecule has 0 aliphatic rings. The first-order chi connectivity index (χ1) is 10.1. The number of hydrogen-bond acceptors (Lipinski definition) is 3. The van der Waals surface area contributed by atoms with E-state index in [1.807, 2.05) is 12.1 Å². The van der Waals surface area contributed by atoms with Crippen molar-refractivity contribution in [2.24, 2.45) is 0 Å². The van der Waals surface area contributed by atoms with Crippen molar-refractivity contribution in [3.8, 4) is 5.75 Å². The van der Waals surface area contributed by atoms with E-state index in [-0.39, 0.29) is 0 Å². The molecule has 2 nitrogen and oxygen atoms in total. The van der Waals surface area contributed by atoms with Gasteiger partial charge in [0.1, 0.15) is 5.75 Å². The van der Waals surface area contributed by atoms with Gasteiger partial charge in [-0.25, -0.2) is 0 Å². The van der Waals surface area contributed by atoms with Gasteiger partial charge in [0.2, 0.25) is 0 Å². The maximum Gasteiger partial charge on any atom is 0.118 e. The van der Waals surface area contributed by atoms with Gasteiger partial charge < -0.3 is 10.1 Å². The van der Waals surface area contributed by atoms with Gasteiger partial charge in [-0.2, -0.15) is 0 Å². The highest BCUT2D eigenvalue weighted by atomic mass is 79.9. The van der Waals surface area contributed by atoms with Crippen LogP contribution in [0.2, 0.25) is 0 Å². The minimum Gasteiger partial charge on any atom is -0.497 e. The van der Waals surface area contributed by atoms with Crippen molar-refractivity contribution in [3.05, 3.63) is 52.5 Å². The lowest BCUT2D eigenvalue weighted by Crippen LogP contribution is -2.21. The molecule has 1 N–H and O–H groups in total. The van der Waals surface area contributed by atoms with E-state index in [0.717, 1.165) is 16.8 Å². The van der Waals surface area contributed by atoms with Crippen molar-refractivity contribution in [2.75, 3.05) is 7.11 Å². The first-order valence-corrected chi connectivity index (χ1v) is 8.53. The number of ether oxygens (including phenoxy) is 1. The second-order valence-electron chi connectivity index (χ2n) is 5.08. The zero-order valence-corrected chi connectivity index (χ0v) is 14.9. The summed E-state index contributed by atoms with van der Waals surface area (Å²) in [5.41, 5.74) is 1.29. The summed E-state index contributed by atoms with van der Waals surface area (Å²) in [6.45, 7) is 5.20. The van der Waals surface area contributed by atoms with Crippen LogP contribution in [-0.4, -0.2) is 13.2 Å². The van der Waals surface area contributed by atoms with E-state index in [4.69, 9.17) is 4.74 Å². The summed E-state index contributed by atoms with van der Waals surface area (Å²) in [5, 5.41) is 3.43. The molecule has 0 spiro atoms. The topological polar surface area (TPSA) is 21.3 Å². The lowest BCUT2D eigenvalue weighted by Gasteiger charge is -2.10. The Morgan fingerprint density at radius 3 is 2.43 bits per heavy atom. The van der Waals surface area contributed by atoms with Crippen molar-refractivity contribution in [1.82, 2.24) is 5.32 Å². The quantitative estimate of drug-likeness (QED) is 0.768. The molecule has 2 aromatic carbocycles. The predicted octanol–water partition coefficient (Wildman–Crippen LogP) is 5.11. The molecule has 2 rings (SSSR count). The van der Waals surface area contributed by atoms with Gasteiger partial charge in [-0.15, -0.1) is 0 Å². The highest BCUT2D eigenvalue weighted by molar-refractivity contribution is 9.10. The lowest BCUT2D eigenvalue weighted by atomic mass is 10.2. The third-order valence-corrected chi connectivity index (χ3v) is 5.00. The molecule has 0 aliphatic carbocycles. The highest BCUT2D eigenvalue weighted by Gasteiger charge is 2.05. The van der Waals surface area contributed by atoms with Crippen molar-refractivity contribution < 1.29 is 4.74 Å². The minimum atomic E-state index is 0.497. The van der Waals surface area contributed by atoms with Gasteiger partial charge in [-0.1, -0.05) is 31.7 Å². The van der Waals surface area contributed by atoms with Crippen LogP contribution in [0.15, 0.2) is 56.7 Å². The Morgan fingerprint density at radius 1 is 1.14 bits per heavy atom. The third kappa shape index (κ3) is 5.06. The predicted molar refractivity (Wildman–Crippen MR) is 93.2 cm³/mol. The van der Waals surface area contributed by atoms with Crippen LogP contribution in [0.25, 0.3) is 0 Å². The molecule has 0 aliphatic heterocycles. The lowest BCUT2D eigenvalue weighted by molar-refractivity contribution is 0.414. The van der Waals surface area contributed by atoms with Crippen molar-refractivity contribution >= 4 is 27.7 Å². The van der Waals surface area contributed by atoms with Gasteiger partial charge in [0, 0.05) is 26.9 Å². The molecule has 0 unspecified atom stereocenters. The van der Waals surface area contributed by atoms with Gasteiger partial charge in [0.25, 0.3) is 0 Å². The number of benzene rings is 2. The molecule has 2 aromatic rings. The van der Waals surface area contributed by atoms with E-state index in [1.165, 1.54) is 15.4 Å². The summed E-state index contributed by atoms with van der Waals surface area (Å²) < 4.78 is 6.31. The molecule has 0 radical (unpaired) electrons. The van der Waals surface area contributed by atoms with E-state index in [0.29, 0.717) is 6.04 Å². The Balaban J connectivity index is 2.06. The zero-order valence-electron chi connectivity index (χ0n) is 12.5. The highest BCUT2D eigenvalue weighted by Crippen LogP contribution is 2.34. The number of hydrogen-bond donors (Lipinski definition) is 1. The van der Waals surface area contributed by atoms with Crippen LogP contribution >= 0.6 is 27.7 Å². The summed E-state index contributed by atoms with van der Waals surface area (Å²) in [6.07, 6.45) is 0. The first-order valence-electron chi connectivity index (χ1n) is 6.92. The van der Waals surface area contributed by atoms with Crippen LogP contribution in [0.5, 0.6) is 5.75 Å². The van der Waals surface area contributed by atoms with Gasteiger partial charge in [-0.3, -0.25) is 0 Å². The molecule has 0 heterocycles. The second-order valence-corrected chi connectivity index (χ2v) is 7.05. The normalized spacial score (nSPS) is 10.9. The number of rotatable bonds is 6. The average molecular weight is 366 g/mol.